The first kappa shape index (κ1) is 17.0. The van der Waals surface area contributed by atoms with Gasteiger partial charge in [-0.05, 0) is 45.0 Å². The van der Waals surface area contributed by atoms with Crippen molar-refractivity contribution in [3.8, 4) is 5.69 Å². The van der Waals surface area contributed by atoms with Gasteiger partial charge in [-0.15, -0.1) is 0 Å². The molecule has 2 aromatic carbocycles. The molecular weight excluding hydrogens is 321 g/mol. The first-order chi connectivity index (χ1) is 12.0. The molecule has 1 aromatic heterocycles. The number of benzene rings is 2. The zero-order valence-corrected chi connectivity index (χ0v) is 14.4. The van der Waals surface area contributed by atoms with Crippen LogP contribution in [0.5, 0.6) is 0 Å². The number of nitrogens with one attached hydrogen (secondary N) is 1. The van der Waals surface area contributed by atoms with Crippen LogP contribution < -0.4 is 5.32 Å². The van der Waals surface area contributed by atoms with E-state index < -0.39 is 6.04 Å². The van der Waals surface area contributed by atoms with E-state index in [9.17, 15) is 9.18 Å². The highest BCUT2D eigenvalue weighted by Crippen LogP contribution is 2.26. The highest BCUT2D eigenvalue weighted by atomic mass is 19.1. The molecule has 0 radical (unpaired) electrons. The quantitative estimate of drug-likeness (QED) is 0.717. The smallest absolute Gasteiger partial charge is 0.328 e. The van der Waals surface area contributed by atoms with E-state index in [0.29, 0.717) is 23.6 Å². The van der Waals surface area contributed by atoms with Crippen LogP contribution in [-0.4, -0.2) is 28.2 Å². The van der Waals surface area contributed by atoms with Gasteiger partial charge in [0.1, 0.15) is 11.9 Å². The molecule has 0 aliphatic carbocycles. The molecular formula is C19H20FN3O2. The lowest BCUT2D eigenvalue weighted by Crippen LogP contribution is -2.29. The summed E-state index contributed by atoms with van der Waals surface area (Å²) in [6.07, 6.45) is 0. The fraction of sp³-hybridized carbons (Fsp3) is 0.263. The zero-order valence-electron chi connectivity index (χ0n) is 14.4. The van der Waals surface area contributed by atoms with Gasteiger partial charge in [-0.2, -0.15) is 0 Å². The van der Waals surface area contributed by atoms with Crippen LogP contribution in [0.1, 0.15) is 19.4 Å². The second-order valence-electron chi connectivity index (χ2n) is 5.86. The Kier molecular flexibility index (Phi) is 4.70. The van der Waals surface area contributed by atoms with Crippen molar-refractivity contribution in [2.45, 2.75) is 26.8 Å². The van der Waals surface area contributed by atoms with Crippen LogP contribution in [0.25, 0.3) is 16.7 Å². The second kappa shape index (κ2) is 6.93. The number of anilines is 1. The molecule has 130 valence electrons. The molecule has 0 aliphatic rings. The van der Waals surface area contributed by atoms with Gasteiger partial charge in [-0.1, -0.05) is 17.7 Å². The Hall–Kier alpha value is -2.89. The first-order valence-electron chi connectivity index (χ1n) is 8.18. The van der Waals surface area contributed by atoms with Gasteiger partial charge >= 0.3 is 5.97 Å². The van der Waals surface area contributed by atoms with Crippen molar-refractivity contribution >= 4 is 23.0 Å². The van der Waals surface area contributed by atoms with E-state index in [2.05, 4.69) is 10.3 Å². The molecule has 5 nitrogen and oxygen atoms in total. The Labute approximate surface area is 145 Å². The lowest BCUT2D eigenvalue weighted by atomic mass is 10.2. The van der Waals surface area contributed by atoms with E-state index >= 15 is 0 Å². The van der Waals surface area contributed by atoms with E-state index in [1.165, 1.54) is 12.1 Å². The van der Waals surface area contributed by atoms with Crippen LogP contribution >= 0.6 is 0 Å². The molecule has 0 aliphatic heterocycles. The number of rotatable bonds is 5. The number of halogens is 1. The molecule has 3 rings (SSSR count). The first-order valence-corrected chi connectivity index (χ1v) is 8.18. The summed E-state index contributed by atoms with van der Waals surface area (Å²) in [6, 6.07) is 11.7. The van der Waals surface area contributed by atoms with Gasteiger partial charge in [0, 0.05) is 11.8 Å². The third-order valence-corrected chi connectivity index (χ3v) is 3.89. The van der Waals surface area contributed by atoms with Gasteiger partial charge in [0.25, 0.3) is 0 Å². The van der Waals surface area contributed by atoms with E-state index in [1.54, 1.807) is 24.5 Å². The van der Waals surface area contributed by atoms with E-state index in [1.807, 2.05) is 31.2 Å². The van der Waals surface area contributed by atoms with Gasteiger partial charge in [0.2, 0.25) is 5.95 Å². The predicted octanol–water partition coefficient (Wildman–Crippen LogP) is 3.84. The number of fused-ring (bicyclic) bond motifs is 1. The maximum atomic E-state index is 13.8. The number of nitrogens with zero attached hydrogens (tertiary/aromatic N) is 2. The van der Waals surface area contributed by atoms with Gasteiger partial charge in [0.05, 0.1) is 17.6 Å². The topological polar surface area (TPSA) is 56.1 Å². The van der Waals surface area contributed by atoms with Crippen molar-refractivity contribution in [1.82, 2.24) is 9.55 Å². The fourth-order valence-corrected chi connectivity index (χ4v) is 2.62. The predicted molar refractivity (Wildman–Crippen MR) is 95.5 cm³/mol. The molecule has 0 fully saturated rings. The van der Waals surface area contributed by atoms with Crippen molar-refractivity contribution in [3.63, 3.8) is 0 Å². The van der Waals surface area contributed by atoms with Crippen LogP contribution in [0.4, 0.5) is 10.3 Å². The van der Waals surface area contributed by atoms with Crippen molar-refractivity contribution in [1.29, 1.82) is 0 Å². The monoisotopic (exact) mass is 341 g/mol. The lowest BCUT2D eigenvalue weighted by Gasteiger charge is -2.15. The SMILES string of the molecule is CCOC(=O)[C@H](C)Nc1nc2ccc(F)cc2n1-c1ccc(C)cc1. The van der Waals surface area contributed by atoms with Crippen molar-refractivity contribution in [2.75, 3.05) is 11.9 Å². The van der Waals surface area contributed by atoms with Crippen LogP contribution in [0.15, 0.2) is 42.5 Å². The maximum Gasteiger partial charge on any atom is 0.328 e. The van der Waals surface area contributed by atoms with E-state index in [0.717, 1.165) is 11.3 Å². The third kappa shape index (κ3) is 3.47. The van der Waals surface area contributed by atoms with Crippen LogP contribution in [-0.2, 0) is 9.53 Å². The Balaban J connectivity index is 2.09. The number of ether oxygens (including phenoxy) is 1. The van der Waals surface area contributed by atoms with Gasteiger partial charge in [0.15, 0.2) is 0 Å². The highest BCUT2D eigenvalue weighted by Gasteiger charge is 2.19. The molecule has 0 saturated carbocycles. The number of carbonyl (C=O) groups excluding carboxylic acids is 1. The maximum absolute atomic E-state index is 13.8. The lowest BCUT2D eigenvalue weighted by molar-refractivity contribution is -0.143. The minimum absolute atomic E-state index is 0.310. The van der Waals surface area contributed by atoms with Gasteiger partial charge in [-0.3, -0.25) is 4.57 Å². The molecule has 0 unspecified atom stereocenters. The minimum Gasteiger partial charge on any atom is -0.464 e. The van der Waals surface area contributed by atoms with E-state index in [4.69, 9.17) is 4.74 Å². The average Bonchev–Trinajstić information content (AvgIpc) is 2.93. The Morgan fingerprint density at radius 2 is 2.00 bits per heavy atom. The average molecular weight is 341 g/mol. The molecule has 0 saturated heterocycles. The number of aromatic nitrogens is 2. The number of carbonyl (C=O) groups is 1. The van der Waals surface area contributed by atoms with E-state index in [-0.39, 0.29) is 11.8 Å². The summed E-state index contributed by atoms with van der Waals surface area (Å²) in [6.45, 7) is 5.77. The van der Waals surface area contributed by atoms with Crippen molar-refractivity contribution in [3.05, 3.63) is 53.8 Å². The van der Waals surface area contributed by atoms with Crippen LogP contribution in [0, 0.1) is 12.7 Å². The molecule has 0 bridgehead atoms. The molecule has 25 heavy (non-hydrogen) atoms. The highest BCUT2D eigenvalue weighted by molar-refractivity contribution is 5.83. The number of esters is 1. The summed E-state index contributed by atoms with van der Waals surface area (Å²) in [5, 5.41) is 3.07. The van der Waals surface area contributed by atoms with Gasteiger partial charge in [-0.25, -0.2) is 14.2 Å². The molecule has 1 atom stereocenters. The number of hydrogen-bond donors (Lipinski definition) is 1. The summed E-state index contributed by atoms with van der Waals surface area (Å²) in [4.78, 5) is 16.4. The molecule has 6 heteroatoms. The summed E-state index contributed by atoms with van der Waals surface area (Å²) in [7, 11) is 0. The third-order valence-electron chi connectivity index (χ3n) is 3.89. The Bertz CT molecular complexity index is 903. The molecule has 0 amide bonds. The summed E-state index contributed by atoms with van der Waals surface area (Å²) in [5.41, 5.74) is 3.22. The number of imidazole rings is 1. The number of aryl methyl sites for hydroxylation is 1. The van der Waals surface area contributed by atoms with Crippen LogP contribution in [0.3, 0.4) is 0 Å². The molecule has 1 heterocycles. The summed E-state index contributed by atoms with van der Waals surface area (Å²) < 4.78 is 20.6. The second-order valence-corrected chi connectivity index (χ2v) is 5.86. The largest absolute Gasteiger partial charge is 0.464 e. The van der Waals surface area contributed by atoms with Crippen molar-refractivity contribution < 1.29 is 13.9 Å². The van der Waals surface area contributed by atoms with Gasteiger partial charge < -0.3 is 10.1 Å². The molecule has 1 N–H and O–H groups in total. The Morgan fingerprint density at radius 3 is 2.68 bits per heavy atom. The minimum atomic E-state index is -0.578. The van der Waals surface area contributed by atoms with Crippen LogP contribution in [0.2, 0.25) is 0 Å². The Morgan fingerprint density at radius 1 is 1.28 bits per heavy atom. The zero-order chi connectivity index (χ0) is 18.0. The normalized spacial score (nSPS) is 12.2. The summed E-state index contributed by atoms with van der Waals surface area (Å²) >= 11 is 0. The van der Waals surface area contributed by atoms with Crippen molar-refractivity contribution in [2.24, 2.45) is 0 Å². The fourth-order valence-electron chi connectivity index (χ4n) is 2.62. The molecule has 3 aromatic rings. The standard InChI is InChI=1S/C19H20FN3O2/c1-4-25-18(24)13(3)21-19-22-16-10-7-14(20)11-17(16)23(19)15-8-5-12(2)6-9-15/h5-11,13H,4H2,1-3H3,(H,21,22)/t13-/m0/s1. The molecule has 0 spiro atoms. The number of hydrogen-bond acceptors (Lipinski definition) is 4. The summed E-state index contributed by atoms with van der Waals surface area (Å²) in [5.74, 6) is -0.244.